The molecule has 1 nitrogen and oxygen atoms in total. The van der Waals surface area contributed by atoms with E-state index in [1.807, 2.05) is 6.92 Å². The van der Waals surface area contributed by atoms with E-state index in [9.17, 15) is 8.78 Å². The van der Waals surface area contributed by atoms with Crippen molar-refractivity contribution in [2.24, 2.45) is 5.73 Å². The van der Waals surface area contributed by atoms with Crippen molar-refractivity contribution < 1.29 is 8.78 Å². The largest absolute Gasteiger partial charge is 0.330 e. The van der Waals surface area contributed by atoms with Crippen LogP contribution in [0.5, 0.6) is 0 Å². The van der Waals surface area contributed by atoms with Gasteiger partial charge in [-0.3, -0.25) is 0 Å². The average molecular weight is 206 g/mol. The van der Waals surface area contributed by atoms with Crippen molar-refractivity contribution in [1.82, 2.24) is 0 Å². The van der Waals surface area contributed by atoms with Crippen molar-refractivity contribution in [3.05, 3.63) is 34.4 Å². The minimum Gasteiger partial charge on any atom is -0.330 e. The smallest absolute Gasteiger partial charge is 0.177 e. The van der Waals surface area contributed by atoms with Crippen LogP contribution in [0.3, 0.4) is 0 Å². The number of hydrogen-bond donors (Lipinski definition) is 1. The number of nitrogens with two attached hydrogens (primary N) is 1. The van der Waals surface area contributed by atoms with Crippen molar-refractivity contribution in [3.8, 4) is 0 Å². The summed E-state index contributed by atoms with van der Waals surface area (Å²) in [6.45, 7) is 2.20. The maximum atomic E-state index is 12.8. The molecule has 0 amide bonds. The summed E-state index contributed by atoms with van der Waals surface area (Å²) in [5, 5.41) is -0.199. The first kappa shape index (κ1) is 10.4. The van der Waals surface area contributed by atoms with Crippen LogP contribution in [0, 0.1) is 11.6 Å². The lowest BCUT2D eigenvalue weighted by Crippen LogP contribution is -2.09. The molecule has 2 N–H and O–H groups in total. The van der Waals surface area contributed by atoms with Crippen LogP contribution in [0.4, 0.5) is 8.78 Å². The molecule has 1 unspecified atom stereocenters. The molecule has 1 aromatic carbocycles. The molecule has 0 aliphatic rings. The second kappa shape index (κ2) is 4.03. The Balaban J connectivity index is 3.13. The lowest BCUT2D eigenvalue weighted by atomic mass is 10.0. The van der Waals surface area contributed by atoms with E-state index in [-0.39, 0.29) is 10.9 Å². The maximum absolute atomic E-state index is 12.8. The monoisotopic (exact) mass is 205 g/mol. The molecule has 0 fully saturated rings. The Morgan fingerprint density at radius 1 is 1.46 bits per heavy atom. The van der Waals surface area contributed by atoms with Crippen LogP contribution in [-0.2, 0) is 0 Å². The maximum Gasteiger partial charge on any atom is 0.177 e. The van der Waals surface area contributed by atoms with Crippen molar-refractivity contribution in [3.63, 3.8) is 0 Å². The molecule has 1 rings (SSSR count). The predicted molar refractivity (Wildman–Crippen MR) is 48.8 cm³/mol. The molecular formula is C9H10ClF2N. The van der Waals surface area contributed by atoms with Crippen LogP contribution in [-0.4, -0.2) is 6.54 Å². The lowest BCUT2D eigenvalue weighted by Gasteiger charge is -2.09. The van der Waals surface area contributed by atoms with Crippen LogP contribution in [0.2, 0.25) is 5.02 Å². The summed E-state index contributed by atoms with van der Waals surface area (Å²) < 4.78 is 25.6. The van der Waals surface area contributed by atoms with Gasteiger partial charge in [0, 0.05) is 0 Å². The van der Waals surface area contributed by atoms with Crippen LogP contribution in [0.1, 0.15) is 18.4 Å². The Labute approximate surface area is 80.5 Å². The molecule has 0 heterocycles. The van der Waals surface area contributed by atoms with E-state index in [0.717, 1.165) is 6.07 Å². The van der Waals surface area contributed by atoms with Crippen LogP contribution >= 0.6 is 11.6 Å². The first-order chi connectivity index (χ1) is 6.06. The molecule has 0 radical (unpaired) electrons. The topological polar surface area (TPSA) is 26.0 Å². The molecule has 0 aromatic heterocycles. The van der Waals surface area contributed by atoms with Crippen LogP contribution in [0.25, 0.3) is 0 Å². The van der Waals surface area contributed by atoms with E-state index in [1.165, 1.54) is 6.07 Å². The second-order valence-corrected chi connectivity index (χ2v) is 3.34. The number of halogens is 3. The van der Waals surface area contributed by atoms with E-state index in [2.05, 4.69) is 0 Å². The van der Waals surface area contributed by atoms with Gasteiger partial charge in [0.25, 0.3) is 0 Å². The van der Waals surface area contributed by atoms with Gasteiger partial charge in [-0.15, -0.1) is 0 Å². The molecule has 1 aromatic rings. The third-order valence-corrected chi connectivity index (χ3v) is 2.20. The zero-order valence-corrected chi connectivity index (χ0v) is 7.91. The van der Waals surface area contributed by atoms with Gasteiger partial charge >= 0.3 is 0 Å². The van der Waals surface area contributed by atoms with Gasteiger partial charge in [-0.25, -0.2) is 8.78 Å². The van der Waals surface area contributed by atoms with E-state index < -0.39 is 11.6 Å². The normalized spacial score (nSPS) is 13.0. The highest BCUT2D eigenvalue weighted by molar-refractivity contribution is 6.30. The highest BCUT2D eigenvalue weighted by atomic mass is 35.5. The summed E-state index contributed by atoms with van der Waals surface area (Å²) in [7, 11) is 0. The van der Waals surface area contributed by atoms with Gasteiger partial charge in [-0.2, -0.15) is 0 Å². The molecule has 0 aliphatic heterocycles. The Morgan fingerprint density at radius 3 is 2.54 bits per heavy atom. The Bertz CT molecular complexity index is 291. The van der Waals surface area contributed by atoms with Gasteiger partial charge in [0.15, 0.2) is 11.6 Å². The van der Waals surface area contributed by atoms with Gasteiger partial charge in [-0.05, 0) is 30.2 Å². The van der Waals surface area contributed by atoms with Gasteiger partial charge in [0.1, 0.15) is 0 Å². The molecule has 0 saturated carbocycles. The third kappa shape index (κ3) is 2.17. The first-order valence-electron chi connectivity index (χ1n) is 3.90. The number of rotatable bonds is 2. The van der Waals surface area contributed by atoms with Gasteiger partial charge < -0.3 is 5.73 Å². The third-order valence-electron chi connectivity index (χ3n) is 1.93. The Hall–Kier alpha value is -0.670. The van der Waals surface area contributed by atoms with E-state index >= 15 is 0 Å². The molecule has 13 heavy (non-hydrogen) atoms. The van der Waals surface area contributed by atoms with Crippen molar-refractivity contribution in [2.45, 2.75) is 12.8 Å². The standard InChI is InChI=1S/C9H10ClF2N/c1-5(4-13)6-2-7(10)9(12)8(11)3-6/h2-3,5H,4,13H2,1H3. The van der Waals surface area contributed by atoms with E-state index in [1.54, 1.807) is 0 Å². The fraction of sp³-hybridized carbons (Fsp3) is 0.333. The minimum atomic E-state index is -1.00. The number of hydrogen-bond acceptors (Lipinski definition) is 1. The van der Waals surface area contributed by atoms with E-state index in [4.69, 9.17) is 17.3 Å². The van der Waals surface area contributed by atoms with Crippen LogP contribution < -0.4 is 5.73 Å². The molecule has 4 heteroatoms. The molecule has 0 spiro atoms. The molecule has 0 aliphatic carbocycles. The minimum absolute atomic E-state index is 0.0207. The summed E-state index contributed by atoms with van der Waals surface area (Å²) >= 11 is 5.46. The molecule has 0 bridgehead atoms. The fourth-order valence-electron chi connectivity index (χ4n) is 0.996. The van der Waals surface area contributed by atoms with Crippen molar-refractivity contribution >= 4 is 11.6 Å². The zero-order chi connectivity index (χ0) is 10.0. The molecule has 72 valence electrons. The highest BCUT2D eigenvalue weighted by Crippen LogP contribution is 2.23. The van der Waals surface area contributed by atoms with Gasteiger partial charge in [-0.1, -0.05) is 18.5 Å². The second-order valence-electron chi connectivity index (χ2n) is 2.94. The van der Waals surface area contributed by atoms with Gasteiger partial charge in [0.2, 0.25) is 0 Å². The van der Waals surface area contributed by atoms with E-state index in [0.29, 0.717) is 12.1 Å². The quantitative estimate of drug-likeness (QED) is 0.739. The Morgan fingerprint density at radius 2 is 2.08 bits per heavy atom. The lowest BCUT2D eigenvalue weighted by molar-refractivity contribution is 0.506. The van der Waals surface area contributed by atoms with Crippen LogP contribution in [0.15, 0.2) is 12.1 Å². The average Bonchev–Trinajstić information content (AvgIpc) is 2.12. The number of benzene rings is 1. The van der Waals surface area contributed by atoms with Crippen molar-refractivity contribution in [1.29, 1.82) is 0 Å². The molecule has 1 atom stereocenters. The van der Waals surface area contributed by atoms with Gasteiger partial charge in [0.05, 0.1) is 5.02 Å². The fourth-order valence-corrected chi connectivity index (χ4v) is 1.21. The zero-order valence-electron chi connectivity index (χ0n) is 7.15. The SMILES string of the molecule is CC(CN)c1cc(F)c(F)c(Cl)c1. The summed E-state index contributed by atoms with van der Waals surface area (Å²) in [6, 6.07) is 2.52. The summed E-state index contributed by atoms with van der Waals surface area (Å²) in [5.41, 5.74) is 6.00. The first-order valence-corrected chi connectivity index (χ1v) is 4.28. The molecular weight excluding hydrogens is 196 g/mol. The Kier molecular flexibility index (Phi) is 3.22. The van der Waals surface area contributed by atoms with Crippen molar-refractivity contribution in [2.75, 3.05) is 6.54 Å². The predicted octanol–water partition coefficient (Wildman–Crippen LogP) is 2.68. The molecule has 0 saturated heterocycles. The summed E-state index contributed by atoms with van der Waals surface area (Å²) in [4.78, 5) is 0. The summed E-state index contributed by atoms with van der Waals surface area (Å²) in [5.74, 6) is -1.95. The summed E-state index contributed by atoms with van der Waals surface area (Å²) in [6.07, 6.45) is 0. The highest BCUT2D eigenvalue weighted by Gasteiger charge is 2.11.